The number of hydrogen-bond donors (Lipinski definition) is 6. The second kappa shape index (κ2) is 13.0. The molecule has 0 aromatic heterocycles. The molecule has 0 spiro atoms. The number of aliphatic hydroxyl groups is 5. The van der Waals surface area contributed by atoms with Crippen LogP contribution in [-0.2, 0) is 11.2 Å². The number of rotatable bonds is 11. The Morgan fingerprint density at radius 1 is 0.892 bits per heavy atom. The Labute approximate surface area is 214 Å². The number of aromatic hydroxyl groups is 1. The zero-order valence-corrected chi connectivity index (χ0v) is 20.9. The molecule has 0 saturated carbocycles. The molecule has 1 saturated heterocycles. The second-order valence-corrected chi connectivity index (χ2v) is 8.58. The van der Waals surface area contributed by atoms with Gasteiger partial charge in [0, 0.05) is 12.5 Å². The number of aliphatic hydroxyl groups excluding tert-OH is 5. The molecule has 0 radical (unpaired) electrons. The van der Waals surface area contributed by atoms with Crippen LogP contribution >= 0.6 is 0 Å². The fraction of sp³-hybridized carbons (Fsp3) is 0.462. The maximum atomic E-state index is 10.3. The number of hydrogen-bond acceptors (Lipinski definition) is 11. The van der Waals surface area contributed by atoms with Gasteiger partial charge < -0.3 is 54.3 Å². The van der Waals surface area contributed by atoms with Gasteiger partial charge in [0.15, 0.2) is 23.0 Å². The van der Waals surface area contributed by atoms with Crippen LogP contribution in [0.5, 0.6) is 28.7 Å². The lowest BCUT2D eigenvalue weighted by atomic mass is 9.97. The summed E-state index contributed by atoms with van der Waals surface area (Å²) in [5.41, 5.74) is 1.54. The highest BCUT2D eigenvalue weighted by Gasteiger charge is 2.45. The van der Waals surface area contributed by atoms with Gasteiger partial charge in [-0.05, 0) is 41.8 Å². The van der Waals surface area contributed by atoms with E-state index in [1.165, 1.54) is 27.4 Å². The maximum absolute atomic E-state index is 10.3. The monoisotopic (exact) mass is 522 g/mol. The molecule has 1 aliphatic heterocycles. The molecule has 0 aliphatic carbocycles. The Balaban J connectivity index is 1.81. The summed E-state index contributed by atoms with van der Waals surface area (Å²) >= 11 is 0. The quantitative estimate of drug-likeness (QED) is 0.243. The van der Waals surface area contributed by atoms with Crippen LogP contribution in [0, 0.1) is 5.92 Å². The molecule has 11 nitrogen and oxygen atoms in total. The standard InChI is InChI=1S/C26H34O11/c1-33-18-9-14(6-7-17(18)29)4-5-15(12-27)8-16-10-19(34-2)25(20(11-16)35-3)37-26-24(32)23(31)22(30)21(13-28)36-26/h4-7,9-11,15,21-24,26-32H,8,12-13H2,1-3H3/b5-4+/t15?,21-,22-,23+,24-,26+/m1/s1. The van der Waals surface area contributed by atoms with E-state index < -0.39 is 37.3 Å². The number of benzene rings is 2. The van der Waals surface area contributed by atoms with Gasteiger partial charge in [-0.2, -0.15) is 0 Å². The lowest BCUT2D eigenvalue weighted by Gasteiger charge is -2.39. The first-order chi connectivity index (χ1) is 17.8. The van der Waals surface area contributed by atoms with Crippen LogP contribution in [-0.4, -0.2) is 95.9 Å². The molecule has 1 aliphatic rings. The van der Waals surface area contributed by atoms with Crippen molar-refractivity contribution in [1.82, 2.24) is 0 Å². The van der Waals surface area contributed by atoms with Crippen LogP contribution < -0.4 is 18.9 Å². The first kappa shape index (κ1) is 28.5. The van der Waals surface area contributed by atoms with Crippen molar-refractivity contribution in [3.8, 4) is 28.7 Å². The number of ether oxygens (including phenoxy) is 5. The molecule has 37 heavy (non-hydrogen) atoms. The van der Waals surface area contributed by atoms with Crippen LogP contribution in [0.2, 0.25) is 0 Å². The lowest BCUT2D eigenvalue weighted by molar-refractivity contribution is -0.277. The highest BCUT2D eigenvalue weighted by molar-refractivity contribution is 5.56. The van der Waals surface area contributed by atoms with E-state index in [4.69, 9.17) is 23.7 Å². The van der Waals surface area contributed by atoms with Gasteiger partial charge in [-0.25, -0.2) is 0 Å². The zero-order chi connectivity index (χ0) is 27.1. The largest absolute Gasteiger partial charge is 0.504 e. The normalized spacial score (nSPS) is 24.6. The maximum Gasteiger partial charge on any atom is 0.229 e. The molecule has 1 fully saturated rings. The number of phenolic OH excluding ortho intramolecular Hbond substituents is 1. The molecule has 1 unspecified atom stereocenters. The van der Waals surface area contributed by atoms with E-state index in [0.717, 1.165) is 11.1 Å². The van der Waals surface area contributed by atoms with Crippen LogP contribution in [0.3, 0.4) is 0 Å². The second-order valence-electron chi connectivity index (χ2n) is 8.58. The van der Waals surface area contributed by atoms with Crippen LogP contribution in [0.4, 0.5) is 0 Å². The third-order valence-corrected chi connectivity index (χ3v) is 6.10. The third kappa shape index (κ3) is 6.63. The molecule has 0 amide bonds. The van der Waals surface area contributed by atoms with Gasteiger partial charge >= 0.3 is 0 Å². The SMILES string of the molecule is COc1cc(/C=C/C(CO)Cc2cc(OC)c(O[C@@H]3O[C@H](CO)[C@@H](O)[C@H](O)[C@H]3O)c(OC)c2)ccc1O. The first-order valence-corrected chi connectivity index (χ1v) is 11.6. The summed E-state index contributed by atoms with van der Waals surface area (Å²) in [4.78, 5) is 0. The fourth-order valence-corrected chi connectivity index (χ4v) is 3.99. The highest BCUT2D eigenvalue weighted by atomic mass is 16.7. The van der Waals surface area contributed by atoms with Gasteiger partial charge in [-0.15, -0.1) is 0 Å². The van der Waals surface area contributed by atoms with E-state index >= 15 is 0 Å². The molecule has 0 bridgehead atoms. The molecule has 3 rings (SSSR count). The van der Waals surface area contributed by atoms with Crippen molar-refractivity contribution in [1.29, 1.82) is 0 Å². The fourth-order valence-electron chi connectivity index (χ4n) is 3.99. The number of phenols is 1. The predicted molar refractivity (Wildman–Crippen MR) is 132 cm³/mol. The van der Waals surface area contributed by atoms with Crippen molar-refractivity contribution in [3.63, 3.8) is 0 Å². The molecule has 2 aromatic rings. The van der Waals surface area contributed by atoms with Gasteiger partial charge in [-0.1, -0.05) is 18.2 Å². The van der Waals surface area contributed by atoms with Crippen molar-refractivity contribution in [2.45, 2.75) is 37.1 Å². The van der Waals surface area contributed by atoms with Gasteiger partial charge in [-0.3, -0.25) is 0 Å². The molecule has 6 N–H and O–H groups in total. The summed E-state index contributed by atoms with van der Waals surface area (Å²) < 4.78 is 27.3. The van der Waals surface area contributed by atoms with E-state index in [0.29, 0.717) is 12.2 Å². The molecule has 11 heteroatoms. The average molecular weight is 523 g/mol. The van der Waals surface area contributed by atoms with Crippen molar-refractivity contribution < 1.29 is 54.3 Å². The molecule has 204 valence electrons. The van der Waals surface area contributed by atoms with Gasteiger partial charge in [0.2, 0.25) is 12.0 Å². The summed E-state index contributed by atoms with van der Waals surface area (Å²) in [5, 5.41) is 59.5. The average Bonchev–Trinajstić information content (AvgIpc) is 2.92. The third-order valence-electron chi connectivity index (χ3n) is 6.10. The lowest BCUT2D eigenvalue weighted by Crippen LogP contribution is -2.60. The first-order valence-electron chi connectivity index (χ1n) is 11.6. The van der Waals surface area contributed by atoms with Gasteiger partial charge in [0.05, 0.1) is 27.9 Å². The minimum absolute atomic E-state index is 0.0311. The summed E-state index contributed by atoms with van der Waals surface area (Å²) in [7, 11) is 4.30. The summed E-state index contributed by atoms with van der Waals surface area (Å²) in [6.45, 7) is -0.732. The Kier molecular flexibility index (Phi) is 9.98. The van der Waals surface area contributed by atoms with E-state index in [1.54, 1.807) is 24.3 Å². The summed E-state index contributed by atoms with van der Waals surface area (Å²) in [6.07, 6.45) is -3.21. The van der Waals surface area contributed by atoms with E-state index in [-0.39, 0.29) is 35.5 Å². The van der Waals surface area contributed by atoms with Crippen LogP contribution in [0.15, 0.2) is 36.4 Å². The highest BCUT2D eigenvalue weighted by Crippen LogP contribution is 2.41. The van der Waals surface area contributed by atoms with E-state index in [9.17, 15) is 30.6 Å². The Morgan fingerprint density at radius 3 is 2.11 bits per heavy atom. The van der Waals surface area contributed by atoms with Crippen LogP contribution in [0.25, 0.3) is 6.08 Å². The minimum atomic E-state index is -1.60. The number of methoxy groups -OCH3 is 3. The molecule has 2 aromatic carbocycles. The van der Waals surface area contributed by atoms with Crippen molar-refractivity contribution in [2.24, 2.45) is 5.92 Å². The van der Waals surface area contributed by atoms with Crippen molar-refractivity contribution in [3.05, 3.63) is 47.5 Å². The Hall–Kier alpha value is -3.06. The smallest absolute Gasteiger partial charge is 0.229 e. The van der Waals surface area contributed by atoms with Crippen molar-refractivity contribution >= 4 is 6.08 Å². The van der Waals surface area contributed by atoms with Gasteiger partial charge in [0.1, 0.15) is 24.4 Å². The Morgan fingerprint density at radius 2 is 1.54 bits per heavy atom. The molecular formula is C26H34O11. The topological polar surface area (TPSA) is 168 Å². The summed E-state index contributed by atoms with van der Waals surface area (Å²) in [6, 6.07) is 8.29. The van der Waals surface area contributed by atoms with Crippen molar-refractivity contribution in [2.75, 3.05) is 34.5 Å². The predicted octanol–water partition coefficient (Wildman–Crippen LogP) is 0.461. The molecule has 1 heterocycles. The van der Waals surface area contributed by atoms with Crippen LogP contribution in [0.1, 0.15) is 11.1 Å². The molecular weight excluding hydrogens is 488 g/mol. The minimum Gasteiger partial charge on any atom is -0.504 e. The molecule has 6 atom stereocenters. The summed E-state index contributed by atoms with van der Waals surface area (Å²) in [5.74, 6) is 0.679. The van der Waals surface area contributed by atoms with E-state index in [2.05, 4.69) is 0 Å². The van der Waals surface area contributed by atoms with Gasteiger partial charge in [0.25, 0.3) is 0 Å². The Bertz CT molecular complexity index is 1030. The van der Waals surface area contributed by atoms with E-state index in [1.807, 2.05) is 12.2 Å². The zero-order valence-electron chi connectivity index (χ0n) is 20.9.